The second-order valence-electron chi connectivity index (χ2n) is 6.61. The summed E-state index contributed by atoms with van der Waals surface area (Å²) in [5, 5.41) is 1.74. The Morgan fingerprint density at radius 1 is 1.15 bits per heavy atom. The van der Waals surface area contributed by atoms with Gasteiger partial charge in [-0.1, -0.05) is 55.9 Å². The van der Waals surface area contributed by atoms with E-state index >= 15 is 0 Å². The predicted molar refractivity (Wildman–Crippen MR) is 110 cm³/mol. The van der Waals surface area contributed by atoms with Crippen molar-refractivity contribution in [2.45, 2.75) is 25.5 Å². The minimum atomic E-state index is 0.0214. The summed E-state index contributed by atoms with van der Waals surface area (Å²) in [6.45, 7) is 4.88. The van der Waals surface area contributed by atoms with Crippen molar-refractivity contribution in [3.8, 4) is 0 Å². The van der Waals surface area contributed by atoms with Crippen LogP contribution >= 0.6 is 23.1 Å². The van der Waals surface area contributed by atoms with Crippen molar-refractivity contribution in [2.24, 2.45) is 5.92 Å². The molecule has 0 N–H and O–H groups in total. The molecule has 0 radical (unpaired) electrons. The largest absolute Gasteiger partial charge is 0.282 e. The van der Waals surface area contributed by atoms with Crippen molar-refractivity contribution in [1.82, 2.24) is 14.5 Å². The van der Waals surface area contributed by atoms with Gasteiger partial charge in [-0.3, -0.25) is 9.36 Å². The average Bonchev–Trinajstić information content (AvgIpc) is 3.02. The van der Waals surface area contributed by atoms with Crippen molar-refractivity contribution in [3.05, 3.63) is 64.6 Å². The molecule has 4 aromatic rings. The molecule has 0 unspecified atom stereocenters. The zero-order valence-electron chi connectivity index (χ0n) is 14.7. The van der Waals surface area contributed by atoms with Crippen LogP contribution in [-0.2, 0) is 6.54 Å². The van der Waals surface area contributed by atoms with Crippen LogP contribution in [0.1, 0.15) is 19.4 Å². The first-order valence-corrected chi connectivity index (χ1v) is 10.4. The van der Waals surface area contributed by atoms with Crippen LogP contribution in [0.4, 0.5) is 0 Å². The smallest absolute Gasteiger partial charge is 0.272 e. The lowest BCUT2D eigenvalue weighted by atomic mass is 10.2. The van der Waals surface area contributed by atoms with E-state index in [2.05, 4.69) is 18.8 Å². The highest BCUT2D eigenvalue weighted by Gasteiger charge is 2.17. The molecular formula is C20H19N3OS2. The predicted octanol–water partition coefficient (Wildman–Crippen LogP) is 4.80. The minimum absolute atomic E-state index is 0.0214. The van der Waals surface area contributed by atoms with Gasteiger partial charge in [-0.15, -0.1) is 11.3 Å². The fourth-order valence-electron chi connectivity index (χ4n) is 2.80. The summed E-state index contributed by atoms with van der Waals surface area (Å²) in [5.74, 6) is 1.45. The van der Waals surface area contributed by atoms with E-state index in [-0.39, 0.29) is 5.56 Å². The van der Waals surface area contributed by atoms with E-state index in [1.165, 1.54) is 11.3 Å². The molecule has 0 atom stereocenters. The van der Waals surface area contributed by atoms with Crippen LogP contribution in [0.15, 0.2) is 58.6 Å². The number of benzene rings is 1. The van der Waals surface area contributed by atoms with Gasteiger partial charge in [0.15, 0.2) is 5.16 Å². The van der Waals surface area contributed by atoms with Gasteiger partial charge in [-0.2, -0.15) is 0 Å². The quantitative estimate of drug-likeness (QED) is 0.368. The molecule has 0 spiro atoms. The maximum atomic E-state index is 13.3. The number of rotatable bonds is 5. The van der Waals surface area contributed by atoms with E-state index in [9.17, 15) is 4.79 Å². The van der Waals surface area contributed by atoms with Gasteiger partial charge in [0.25, 0.3) is 5.56 Å². The zero-order valence-corrected chi connectivity index (χ0v) is 16.3. The molecule has 6 heteroatoms. The Morgan fingerprint density at radius 3 is 2.73 bits per heavy atom. The number of fused-ring (bicyclic) bond motifs is 3. The molecule has 0 aliphatic rings. The fourth-order valence-corrected chi connectivity index (χ4v) is 4.77. The number of nitrogens with zero attached hydrogens (tertiary/aromatic N) is 3. The number of aromatic nitrogens is 3. The number of hydrogen-bond donors (Lipinski definition) is 0. The van der Waals surface area contributed by atoms with Crippen LogP contribution in [0.25, 0.3) is 20.4 Å². The lowest BCUT2D eigenvalue weighted by Gasteiger charge is -2.13. The highest BCUT2D eigenvalue weighted by atomic mass is 32.2. The average molecular weight is 382 g/mol. The SMILES string of the molecule is CC(C)CSc1nc2c(sc3ncccc32)c(=O)n1Cc1ccccc1. The summed E-state index contributed by atoms with van der Waals surface area (Å²) in [6, 6.07) is 14.0. The fraction of sp³-hybridized carbons (Fsp3) is 0.250. The van der Waals surface area contributed by atoms with Gasteiger partial charge in [0.2, 0.25) is 0 Å². The third-order valence-electron chi connectivity index (χ3n) is 4.05. The summed E-state index contributed by atoms with van der Waals surface area (Å²) in [5.41, 5.74) is 1.90. The van der Waals surface area contributed by atoms with E-state index in [0.29, 0.717) is 17.2 Å². The summed E-state index contributed by atoms with van der Waals surface area (Å²) < 4.78 is 2.49. The van der Waals surface area contributed by atoms with Gasteiger partial charge in [0, 0.05) is 17.3 Å². The van der Waals surface area contributed by atoms with Crippen LogP contribution in [-0.4, -0.2) is 20.3 Å². The zero-order chi connectivity index (χ0) is 18.1. The summed E-state index contributed by atoms with van der Waals surface area (Å²) in [4.78, 5) is 23.4. The Morgan fingerprint density at radius 2 is 1.96 bits per heavy atom. The van der Waals surface area contributed by atoms with Crippen molar-refractivity contribution in [2.75, 3.05) is 5.75 Å². The van der Waals surface area contributed by atoms with E-state index in [4.69, 9.17) is 4.98 Å². The van der Waals surface area contributed by atoms with Gasteiger partial charge in [-0.05, 0) is 23.6 Å². The molecule has 0 bridgehead atoms. The molecule has 132 valence electrons. The van der Waals surface area contributed by atoms with Crippen LogP contribution in [0.5, 0.6) is 0 Å². The molecule has 26 heavy (non-hydrogen) atoms. The third kappa shape index (κ3) is 3.27. The van der Waals surface area contributed by atoms with E-state index < -0.39 is 0 Å². The van der Waals surface area contributed by atoms with E-state index in [1.54, 1.807) is 22.5 Å². The second-order valence-corrected chi connectivity index (χ2v) is 8.60. The lowest BCUT2D eigenvalue weighted by Crippen LogP contribution is -2.23. The van der Waals surface area contributed by atoms with Crippen molar-refractivity contribution in [3.63, 3.8) is 0 Å². The number of hydrogen-bond acceptors (Lipinski definition) is 5. The second kappa shape index (κ2) is 7.21. The van der Waals surface area contributed by atoms with Gasteiger partial charge in [-0.25, -0.2) is 9.97 Å². The van der Waals surface area contributed by atoms with Crippen molar-refractivity contribution >= 4 is 43.5 Å². The molecule has 0 amide bonds. The maximum Gasteiger partial charge on any atom is 0.272 e. The molecule has 3 heterocycles. The molecule has 0 saturated heterocycles. The van der Waals surface area contributed by atoms with Crippen LogP contribution in [0.3, 0.4) is 0 Å². The van der Waals surface area contributed by atoms with Crippen LogP contribution in [0, 0.1) is 5.92 Å². The first-order valence-electron chi connectivity index (χ1n) is 8.58. The number of thiophene rings is 1. The molecule has 1 aromatic carbocycles. The van der Waals surface area contributed by atoms with Gasteiger partial charge >= 0.3 is 0 Å². The molecule has 0 saturated carbocycles. The Labute approximate surface area is 159 Å². The van der Waals surface area contributed by atoms with Gasteiger partial charge < -0.3 is 0 Å². The molecule has 0 fully saturated rings. The highest BCUT2D eigenvalue weighted by Crippen LogP contribution is 2.31. The molecule has 0 aliphatic heterocycles. The number of pyridine rings is 1. The van der Waals surface area contributed by atoms with Crippen LogP contribution < -0.4 is 5.56 Å². The monoisotopic (exact) mass is 381 g/mol. The molecule has 4 nitrogen and oxygen atoms in total. The van der Waals surface area contributed by atoms with Gasteiger partial charge in [0.05, 0.1) is 12.1 Å². The summed E-state index contributed by atoms with van der Waals surface area (Å²) in [7, 11) is 0. The minimum Gasteiger partial charge on any atom is -0.282 e. The molecule has 3 aromatic heterocycles. The van der Waals surface area contributed by atoms with E-state index in [1.807, 2.05) is 42.5 Å². The Balaban J connectivity index is 1.91. The maximum absolute atomic E-state index is 13.3. The highest BCUT2D eigenvalue weighted by molar-refractivity contribution is 7.99. The first-order chi connectivity index (χ1) is 12.6. The number of thioether (sulfide) groups is 1. The Hall–Kier alpha value is -2.18. The Bertz CT molecular complexity index is 1120. The topological polar surface area (TPSA) is 47.8 Å². The van der Waals surface area contributed by atoms with Crippen molar-refractivity contribution < 1.29 is 0 Å². The molecule has 4 rings (SSSR count). The summed E-state index contributed by atoms with van der Waals surface area (Å²) in [6.07, 6.45) is 1.76. The van der Waals surface area contributed by atoms with Crippen LogP contribution in [0.2, 0.25) is 0 Å². The summed E-state index contributed by atoms with van der Waals surface area (Å²) >= 11 is 3.08. The van der Waals surface area contributed by atoms with Crippen molar-refractivity contribution in [1.29, 1.82) is 0 Å². The standard InChI is InChI=1S/C20H19N3OS2/c1-13(2)12-25-20-22-16-15-9-6-10-21-18(15)26-17(16)19(24)23(20)11-14-7-4-3-5-8-14/h3-10,13H,11-12H2,1-2H3. The third-order valence-corrected chi connectivity index (χ3v) is 6.54. The molecular weight excluding hydrogens is 362 g/mol. The van der Waals surface area contributed by atoms with Gasteiger partial charge in [0.1, 0.15) is 9.53 Å². The normalized spacial score (nSPS) is 11.7. The Kier molecular flexibility index (Phi) is 4.78. The first kappa shape index (κ1) is 17.2. The van der Waals surface area contributed by atoms with E-state index in [0.717, 1.165) is 32.2 Å². The molecule has 0 aliphatic carbocycles. The lowest BCUT2D eigenvalue weighted by molar-refractivity contribution is 0.656.